The summed E-state index contributed by atoms with van der Waals surface area (Å²) in [4.78, 5) is 28.1. The second-order valence-corrected chi connectivity index (χ2v) is 11.7. The Balaban J connectivity index is 2.05. The molecule has 0 unspecified atom stereocenters. The van der Waals surface area contributed by atoms with Crippen molar-refractivity contribution in [1.29, 1.82) is 0 Å². The minimum absolute atomic E-state index is 0.125. The topological polar surface area (TPSA) is 105 Å². The van der Waals surface area contributed by atoms with Crippen LogP contribution in [0.3, 0.4) is 0 Å². The first kappa shape index (κ1) is 32.4. The van der Waals surface area contributed by atoms with Gasteiger partial charge in [0.15, 0.2) is 11.5 Å². The van der Waals surface area contributed by atoms with Crippen LogP contribution in [0.25, 0.3) is 0 Å². The molecule has 3 rings (SSSR count). The standard InChI is InChI=1S/C31H38FN3O6S/c1-6-7-18-33-31(37)23(3)34(20-24-10-8-9-11-27(24)32)30(36)21-35(25-14-12-22(2)13-15-25)42(38,39)26-16-17-28(40-4)29(19-26)41-5/h8-17,19,23H,6-7,18,20-21H2,1-5H3,(H,33,37)/t23-/m0/s1. The third kappa shape index (κ3) is 7.79. The van der Waals surface area contributed by atoms with Gasteiger partial charge in [-0.1, -0.05) is 49.2 Å². The van der Waals surface area contributed by atoms with Gasteiger partial charge in [-0.25, -0.2) is 12.8 Å². The highest BCUT2D eigenvalue weighted by atomic mass is 32.2. The van der Waals surface area contributed by atoms with Crippen molar-refractivity contribution in [3.8, 4) is 11.5 Å². The van der Waals surface area contributed by atoms with Gasteiger partial charge in [0.05, 0.1) is 24.8 Å². The van der Waals surface area contributed by atoms with Crippen LogP contribution in [0.2, 0.25) is 0 Å². The number of ether oxygens (including phenoxy) is 2. The number of carbonyl (C=O) groups excluding carboxylic acids is 2. The van der Waals surface area contributed by atoms with Gasteiger partial charge >= 0.3 is 0 Å². The normalized spacial score (nSPS) is 11.9. The van der Waals surface area contributed by atoms with E-state index in [9.17, 15) is 22.4 Å². The third-order valence-electron chi connectivity index (χ3n) is 6.84. The molecule has 3 aromatic carbocycles. The highest BCUT2D eigenvalue weighted by molar-refractivity contribution is 7.92. The van der Waals surface area contributed by atoms with Crippen LogP contribution >= 0.6 is 0 Å². The van der Waals surface area contributed by atoms with Crippen LogP contribution < -0.4 is 19.1 Å². The molecule has 1 N–H and O–H groups in total. The van der Waals surface area contributed by atoms with Crippen molar-refractivity contribution in [2.24, 2.45) is 0 Å². The summed E-state index contributed by atoms with van der Waals surface area (Å²) >= 11 is 0. The van der Waals surface area contributed by atoms with Gasteiger partial charge in [0.1, 0.15) is 18.4 Å². The summed E-state index contributed by atoms with van der Waals surface area (Å²) in [5.41, 5.74) is 1.34. The third-order valence-corrected chi connectivity index (χ3v) is 8.61. The SMILES string of the molecule is CCCCNC(=O)[C@H](C)N(Cc1ccccc1F)C(=O)CN(c1ccc(C)cc1)S(=O)(=O)c1ccc(OC)c(OC)c1. The van der Waals surface area contributed by atoms with Gasteiger partial charge in [-0.15, -0.1) is 0 Å². The van der Waals surface area contributed by atoms with Gasteiger partial charge in [-0.3, -0.25) is 13.9 Å². The lowest BCUT2D eigenvalue weighted by atomic mass is 10.1. The molecule has 3 aromatic rings. The summed E-state index contributed by atoms with van der Waals surface area (Å²) in [5, 5.41) is 2.81. The second-order valence-electron chi connectivity index (χ2n) is 9.80. The van der Waals surface area contributed by atoms with Crippen molar-refractivity contribution >= 4 is 27.5 Å². The van der Waals surface area contributed by atoms with Crippen LogP contribution in [0.4, 0.5) is 10.1 Å². The Labute approximate surface area is 247 Å². The smallest absolute Gasteiger partial charge is 0.264 e. The van der Waals surface area contributed by atoms with E-state index in [1.165, 1.54) is 55.5 Å². The second kappa shape index (κ2) is 14.7. The van der Waals surface area contributed by atoms with Crippen LogP contribution in [0, 0.1) is 12.7 Å². The summed E-state index contributed by atoms with van der Waals surface area (Å²) in [6, 6.07) is 15.8. The summed E-state index contributed by atoms with van der Waals surface area (Å²) in [6.45, 7) is 4.94. The van der Waals surface area contributed by atoms with Crippen molar-refractivity contribution < 1.29 is 31.9 Å². The predicted octanol–water partition coefficient (Wildman–Crippen LogP) is 4.68. The van der Waals surface area contributed by atoms with Crippen molar-refractivity contribution in [3.05, 3.63) is 83.7 Å². The minimum Gasteiger partial charge on any atom is -0.493 e. The number of sulfonamides is 1. The zero-order valence-electron chi connectivity index (χ0n) is 24.6. The van der Waals surface area contributed by atoms with Crippen LogP contribution in [0.1, 0.15) is 37.8 Å². The Morgan fingerprint density at radius 3 is 2.26 bits per heavy atom. The maximum absolute atomic E-state index is 14.7. The molecule has 0 fully saturated rings. The van der Waals surface area contributed by atoms with E-state index in [1.54, 1.807) is 37.3 Å². The van der Waals surface area contributed by atoms with Crippen molar-refractivity contribution in [2.45, 2.75) is 51.1 Å². The highest BCUT2D eigenvalue weighted by Crippen LogP contribution is 2.32. The van der Waals surface area contributed by atoms with E-state index < -0.39 is 40.2 Å². The quantitative estimate of drug-likeness (QED) is 0.270. The van der Waals surface area contributed by atoms with Crippen molar-refractivity contribution in [2.75, 3.05) is 31.6 Å². The number of methoxy groups -OCH3 is 2. The number of hydrogen-bond donors (Lipinski definition) is 1. The lowest BCUT2D eigenvalue weighted by molar-refractivity contribution is -0.139. The predicted molar refractivity (Wildman–Crippen MR) is 160 cm³/mol. The Hall–Kier alpha value is -4.12. The van der Waals surface area contributed by atoms with Gasteiger partial charge in [0.2, 0.25) is 11.8 Å². The first-order valence-corrected chi connectivity index (χ1v) is 15.1. The Morgan fingerprint density at radius 1 is 0.976 bits per heavy atom. The molecule has 11 heteroatoms. The number of nitrogens with one attached hydrogen (secondary N) is 1. The molecule has 2 amide bonds. The van der Waals surface area contributed by atoms with Crippen LogP contribution in [-0.4, -0.2) is 58.5 Å². The molecule has 0 saturated carbocycles. The number of anilines is 1. The van der Waals surface area contributed by atoms with E-state index in [4.69, 9.17) is 9.47 Å². The summed E-state index contributed by atoms with van der Waals surface area (Å²) < 4.78 is 54.3. The molecule has 226 valence electrons. The monoisotopic (exact) mass is 599 g/mol. The lowest BCUT2D eigenvalue weighted by Gasteiger charge is -2.32. The molecule has 1 atom stereocenters. The number of aryl methyl sites for hydroxylation is 1. The number of amides is 2. The largest absolute Gasteiger partial charge is 0.493 e. The molecule has 0 saturated heterocycles. The number of benzene rings is 3. The molecule has 0 aliphatic carbocycles. The molecular weight excluding hydrogens is 561 g/mol. The molecule has 0 aliphatic heterocycles. The number of nitrogens with zero attached hydrogens (tertiary/aromatic N) is 2. The fourth-order valence-electron chi connectivity index (χ4n) is 4.27. The fraction of sp³-hybridized carbons (Fsp3) is 0.355. The number of rotatable bonds is 14. The van der Waals surface area contributed by atoms with E-state index in [2.05, 4.69) is 5.32 Å². The molecule has 0 heterocycles. The first-order valence-electron chi connectivity index (χ1n) is 13.7. The summed E-state index contributed by atoms with van der Waals surface area (Å²) in [5.74, 6) is -1.10. The lowest BCUT2D eigenvalue weighted by Crippen LogP contribution is -2.51. The van der Waals surface area contributed by atoms with Gasteiger partial charge in [-0.2, -0.15) is 0 Å². The minimum atomic E-state index is -4.32. The number of hydrogen-bond acceptors (Lipinski definition) is 6. The zero-order valence-corrected chi connectivity index (χ0v) is 25.4. The van der Waals surface area contributed by atoms with E-state index in [0.717, 1.165) is 22.7 Å². The maximum Gasteiger partial charge on any atom is 0.264 e. The number of halogens is 1. The van der Waals surface area contributed by atoms with Gasteiger partial charge in [0.25, 0.3) is 10.0 Å². The Bertz CT molecular complexity index is 1480. The summed E-state index contributed by atoms with van der Waals surface area (Å²) in [7, 11) is -1.49. The molecule has 42 heavy (non-hydrogen) atoms. The molecule has 0 radical (unpaired) electrons. The van der Waals surface area contributed by atoms with Crippen LogP contribution in [0.5, 0.6) is 11.5 Å². The highest BCUT2D eigenvalue weighted by Gasteiger charge is 2.33. The average molecular weight is 600 g/mol. The molecule has 0 aromatic heterocycles. The van der Waals surface area contributed by atoms with Crippen LogP contribution in [-0.2, 0) is 26.2 Å². The molecule has 0 spiro atoms. The maximum atomic E-state index is 14.7. The molecule has 0 bridgehead atoms. The molecule has 0 aliphatic rings. The van der Waals surface area contributed by atoms with Gasteiger partial charge < -0.3 is 19.7 Å². The fourth-order valence-corrected chi connectivity index (χ4v) is 5.70. The average Bonchev–Trinajstić information content (AvgIpc) is 2.99. The number of unbranched alkanes of at least 4 members (excludes halogenated alkanes) is 1. The van der Waals surface area contributed by atoms with E-state index >= 15 is 0 Å². The van der Waals surface area contributed by atoms with E-state index in [-0.39, 0.29) is 28.4 Å². The van der Waals surface area contributed by atoms with Crippen molar-refractivity contribution in [1.82, 2.24) is 10.2 Å². The Morgan fingerprint density at radius 2 is 1.64 bits per heavy atom. The van der Waals surface area contributed by atoms with Crippen molar-refractivity contribution in [3.63, 3.8) is 0 Å². The zero-order chi connectivity index (χ0) is 30.9. The molecular formula is C31H38FN3O6S. The Kier molecular flexibility index (Phi) is 11.3. The molecule has 9 nitrogen and oxygen atoms in total. The first-order chi connectivity index (χ1) is 20.0. The number of carbonyl (C=O) groups is 2. The van der Waals surface area contributed by atoms with E-state index in [0.29, 0.717) is 12.3 Å². The summed E-state index contributed by atoms with van der Waals surface area (Å²) in [6.07, 6.45) is 1.62. The van der Waals surface area contributed by atoms with Crippen LogP contribution in [0.15, 0.2) is 71.6 Å². The van der Waals surface area contributed by atoms with Gasteiger partial charge in [0, 0.05) is 24.7 Å². The van der Waals surface area contributed by atoms with Gasteiger partial charge in [-0.05, 0) is 50.6 Å². The van der Waals surface area contributed by atoms with E-state index in [1.807, 2.05) is 13.8 Å².